The molecule has 4 nitrogen and oxygen atoms in total. The number of nitrogens with one attached hydrogen (secondary N) is 2. The van der Waals surface area contributed by atoms with E-state index in [0.29, 0.717) is 11.4 Å². The van der Waals surface area contributed by atoms with Gasteiger partial charge in [-0.3, -0.25) is 0 Å². The van der Waals surface area contributed by atoms with E-state index in [2.05, 4.69) is 10.6 Å². The van der Waals surface area contributed by atoms with E-state index in [0.717, 1.165) is 18.4 Å². The fourth-order valence-electron chi connectivity index (χ4n) is 2.27. The van der Waals surface area contributed by atoms with Crippen molar-refractivity contribution in [1.82, 2.24) is 5.32 Å². The number of nitrogen functional groups attached to an aromatic ring is 1. The molecule has 19 heavy (non-hydrogen) atoms. The molecule has 0 bridgehead atoms. The highest BCUT2D eigenvalue weighted by atomic mass is 16.2. The molecule has 0 atom stereocenters. The quantitative estimate of drug-likeness (QED) is 0.711. The molecule has 0 radical (unpaired) electrons. The second-order valence-corrected chi connectivity index (χ2v) is 5.05. The van der Waals surface area contributed by atoms with E-state index in [-0.39, 0.29) is 6.03 Å². The van der Waals surface area contributed by atoms with Gasteiger partial charge in [-0.25, -0.2) is 4.79 Å². The van der Waals surface area contributed by atoms with Gasteiger partial charge in [-0.2, -0.15) is 0 Å². The highest BCUT2D eigenvalue weighted by molar-refractivity contribution is 5.93. The summed E-state index contributed by atoms with van der Waals surface area (Å²) in [5.74, 6) is 0. The van der Waals surface area contributed by atoms with Crippen LogP contribution in [-0.2, 0) is 0 Å². The second kappa shape index (κ2) is 6.27. The number of amides is 2. The molecule has 0 spiro atoms. The number of rotatable bonds is 2. The number of urea groups is 1. The van der Waals surface area contributed by atoms with Crippen LogP contribution in [0.3, 0.4) is 0 Å². The van der Waals surface area contributed by atoms with Crippen LogP contribution in [0.5, 0.6) is 0 Å². The maximum absolute atomic E-state index is 11.8. The lowest BCUT2D eigenvalue weighted by atomic mass is 9.96. The van der Waals surface area contributed by atoms with E-state index < -0.39 is 0 Å². The Hall–Kier alpha value is -1.97. The third kappa shape index (κ3) is 4.02. The van der Waals surface area contributed by atoms with Gasteiger partial charge in [0.1, 0.15) is 0 Å². The molecule has 1 aromatic carbocycles. The minimum atomic E-state index is -0.242. The Morgan fingerprint density at radius 2 is 2.00 bits per heavy atom. The number of aryl methyl sites for hydroxylation is 1. The topological polar surface area (TPSA) is 67.2 Å². The molecule has 0 aromatic heterocycles. The zero-order valence-corrected chi connectivity index (χ0v) is 11.3. The number of carbonyl (C=O) groups excluding carboxylic acids is 1. The van der Waals surface area contributed by atoms with Crippen LogP contribution in [-0.4, -0.2) is 6.03 Å². The molecule has 0 aliphatic heterocycles. The van der Waals surface area contributed by atoms with E-state index in [1.54, 1.807) is 0 Å². The van der Waals surface area contributed by atoms with E-state index in [9.17, 15) is 4.79 Å². The zero-order chi connectivity index (χ0) is 13.7. The van der Waals surface area contributed by atoms with E-state index >= 15 is 0 Å². The first-order valence-corrected chi connectivity index (χ1v) is 6.77. The van der Waals surface area contributed by atoms with Gasteiger partial charge in [-0.05, 0) is 50.3 Å². The van der Waals surface area contributed by atoms with Gasteiger partial charge in [0.2, 0.25) is 0 Å². The Morgan fingerprint density at radius 1 is 1.26 bits per heavy atom. The van der Waals surface area contributed by atoms with E-state index in [1.807, 2.05) is 31.3 Å². The summed E-state index contributed by atoms with van der Waals surface area (Å²) < 4.78 is 0. The van der Waals surface area contributed by atoms with Crippen molar-refractivity contribution in [3.63, 3.8) is 0 Å². The van der Waals surface area contributed by atoms with E-state index in [4.69, 9.17) is 5.73 Å². The van der Waals surface area contributed by atoms with Gasteiger partial charge in [0.15, 0.2) is 0 Å². The molecule has 0 unspecified atom stereocenters. The standard InChI is InChI=1S/C15H21N3O/c1-11-7-8-14(13(16)9-11)18-15(19)17-10-12-5-3-2-4-6-12/h7-10H,2-6,16H2,1H3,(H2,17,18,19). The molecular weight excluding hydrogens is 238 g/mol. The Kier molecular flexibility index (Phi) is 4.44. The van der Waals surface area contributed by atoms with Crippen LogP contribution in [0.25, 0.3) is 0 Å². The summed E-state index contributed by atoms with van der Waals surface area (Å²) in [5, 5.41) is 5.53. The number of anilines is 2. The Morgan fingerprint density at radius 3 is 2.68 bits per heavy atom. The summed E-state index contributed by atoms with van der Waals surface area (Å²) in [6.07, 6.45) is 7.75. The van der Waals surface area contributed by atoms with Crippen LogP contribution in [0, 0.1) is 6.92 Å². The van der Waals surface area contributed by atoms with Crippen LogP contribution in [0.4, 0.5) is 16.2 Å². The number of hydrogen-bond acceptors (Lipinski definition) is 2. The third-order valence-electron chi connectivity index (χ3n) is 3.36. The van der Waals surface area contributed by atoms with Crippen LogP contribution in [0.2, 0.25) is 0 Å². The number of hydrogen-bond donors (Lipinski definition) is 3. The largest absolute Gasteiger partial charge is 0.397 e. The van der Waals surface area contributed by atoms with Gasteiger partial charge < -0.3 is 16.4 Å². The molecule has 1 aliphatic rings. The smallest absolute Gasteiger partial charge is 0.323 e. The lowest BCUT2D eigenvalue weighted by Gasteiger charge is -2.14. The molecule has 102 valence electrons. The first-order chi connectivity index (χ1) is 9.15. The second-order valence-electron chi connectivity index (χ2n) is 5.05. The average molecular weight is 259 g/mol. The van der Waals surface area contributed by atoms with Crippen molar-refractivity contribution < 1.29 is 4.79 Å². The zero-order valence-electron chi connectivity index (χ0n) is 11.3. The normalized spacial score (nSPS) is 14.9. The lowest BCUT2D eigenvalue weighted by Crippen LogP contribution is -2.25. The van der Waals surface area contributed by atoms with Crippen LogP contribution in [0.15, 0.2) is 30.0 Å². The summed E-state index contributed by atoms with van der Waals surface area (Å²) in [7, 11) is 0. The fraction of sp³-hybridized carbons (Fsp3) is 0.400. The minimum absolute atomic E-state index is 0.242. The molecule has 4 N–H and O–H groups in total. The minimum Gasteiger partial charge on any atom is -0.397 e. The molecule has 1 saturated carbocycles. The van der Waals surface area contributed by atoms with Crippen molar-refractivity contribution >= 4 is 17.4 Å². The molecular formula is C15H21N3O. The summed E-state index contributed by atoms with van der Waals surface area (Å²) in [6.45, 7) is 1.97. The van der Waals surface area contributed by atoms with Gasteiger partial charge in [-0.15, -0.1) is 0 Å². The third-order valence-corrected chi connectivity index (χ3v) is 3.36. The number of benzene rings is 1. The molecule has 2 rings (SSSR count). The van der Waals surface area contributed by atoms with Gasteiger partial charge in [-0.1, -0.05) is 18.1 Å². The van der Waals surface area contributed by atoms with Crippen molar-refractivity contribution in [2.24, 2.45) is 0 Å². The molecule has 1 aromatic rings. The van der Waals surface area contributed by atoms with Gasteiger partial charge >= 0.3 is 6.03 Å². The van der Waals surface area contributed by atoms with Crippen LogP contribution >= 0.6 is 0 Å². The number of allylic oxidation sites excluding steroid dienone is 1. The Balaban J connectivity index is 1.90. The van der Waals surface area contributed by atoms with Crippen molar-refractivity contribution in [1.29, 1.82) is 0 Å². The Bertz CT molecular complexity index is 486. The molecule has 1 fully saturated rings. The van der Waals surface area contributed by atoms with Crippen LogP contribution in [0.1, 0.15) is 37.7 Å². The number of carbonyl (C=O) groups is 1. The maximum Gasteiger partial charge on any atom is 0.323 e. The number of nitrogens with two attached hydrogens (primary N) is 1. The molecule has 0 saturated heterocycles. The fourth-order valence-corrected chi connectivity index (χ4v) is 2.27. The first kappa shape index (κ1) is 13.5. The molecule has 4 heteroatoms. The maximum atomic E-state index is 11.8. The summed E-state index contributed by atoms with van der Waals surface area (Å²) >= 11 is 0. The predicted molar refractivity (Wildman–Crippen MR) is 78.9 cm³/mol. The summed E-state index contributed by atoms with van der Waals surface area (Å²) in [4.78, 5) is 11.8. The summed E-state index contributed by atoms with van der Waals surface area (Å²) in [5.41, 5.74) is 9.47. The van der Waals surface area contributed by atoms with Gasteiger partial charge in [0, 0.05) is 6.20 Å². The average Bonchev–Trinajstić information content (AvgIpc) is 2.41. The van der Waals surface area contributed by atoms with Crippen molar-refractivity contribution in [2.75, 3.05) is 11.1 Å². The SMILES string of the molecule is Cc1ccc(NC(=O)NC=C2CCCCC2)c(N)c1. The Labute approximate surface area is 114 Å². The monoisotopic (exact) mass is 259 g/mol. The molecule has 1 aliphatic carbocycles. The highest BCUT2D eigenvalue weighted by Crippen LogP contribution is 2.22. The van der Waals surface area contributed by atoms with Gasteiger partial charge in [0.05, 0.1) is 11.4 Å². The molecule has 2 amide bonds. The van der Waals surface area contributed by atoms with Crippen LogP contribution < -0.4 is 16.4 Å². The molecule has 0 heterocycles. The predicted octanol–water partition coefficient (Wildman–Crippen LogP) is 3.55. The van der Waals surface area contributed by atoms with E-state index in [1.165, 1.54) is 24.8 Å². The van der Waals surface area contributed by atoms with Crippen molar-refractivity contribution in [3.8, 4) is 0 Å². The van der Waals surface area contributed by atoms with Gasteiger partial charge in [0.25, 0.3) is 0 Å². The summed E-state index contributed by atoms with van der Waals surface area (Å²) in [6, 6.07) is 5.34. The first-order valence-electron chi connectivity index (χ1n) is 6.77. The van der Waals surface area contributed by atoms with Crippen molar-refractivity contribution in [3.05, 3.63) is 35.5 Å². The highest BCUT2D eigenvalue weighted by Gasteiger charge is 2.07. The lowest BCUT2D eigenvalue weighted by molar-refractivity contribution is 0.255. The van der Waals surface area contributed by atoms with Crippen molar-refractivity contribution in [2.45, 2.75) is 39.0 Å².